The van der Waals surface area contributed by atoms with Gasteiger partial charge in [0, 0.05) is 11.6 Å². The molecule has 1 atom stereocenters. The minimum absolute atomic E-state index is 0.0442. The average Bonchev–Trinajstić information content (AvgIpc) is 2.23. The second kappa shape index (κ2) is 6.89. The Balaban J connectivity index is 2.77. The molecule has 0 amide bonds. The highest BCUT2D eigenvalue weighted by Crippen LogP contribution is 2.24. The third-order valence-electron chi connectivity index (χ3n) is 2.17. The van der Waals surface area contributed by atoms with Gasteiger partial charge < -0.3 is 15.2 Å². The van der Waals surface area contributed by atoms with Gasteiger partial charge in [-0.1, -0.05) is 15.9 Å². The van der Waals surface area contributed by atoms with Crippen molar-refractivity contribution in [2.45, 2.75) is 19.4 Å². The molecule has 3 nitrogen and oxygen atoms in total. The molecule has 1 rings (SSSR count). The van der Waals surface area contributed by atoms with Gasteiger partial charge in [0.25, 0.3) is 0 Å². The summed E-state index contributed by atoms with van der Waals surface area (Å²) in [4.78, 5) is 0. The van der Waals surface area contributed by atoms with E-state index < -0.39 is 0 Å². The number of ether oxygens (including phenoxy) is 2. The van der Waals surface area contributed by atoms with Crippen LogP contribution in [0.4, 0.5) is 0 Å². The van der Waals surface area contributed by atoms with Crippen molar-refractivity contribution in [2.24, 2.45) is 5.73 Å². The molecule has 1 unspecified atom stereocenters. The molecule has 16 heavy (non-hydrogen) atoms. The second-order valence-electron chi connectivity index (χ2n) is 3.67. The SMILES string of the molecule is COCC(C)Oc1ccc(Br)cc1CCN. The molecular weight excluding hydrogens is 270 g/mol. The van der Waals surface area contributed by atoms with Crippen LogP contribution < -0.4 is 10.5 Å². The van der Waals surface area contributed by atoms with Gasteiger partial charge in [-0.2, -0.15) is 0 Å². The summed E-state index contributed by atoms with van der Waals surface area (Å²) >= 11 is 3.44. The molecule has 0 aliphatic rings. The first-order valence-corrected chi connectivity index (χ1v) is 6.10. The van der Waals surface area contributed by atoms with Gasteiger partial charge in [-0.25, -0.2) is 0 Å². The Morgan fingerprint density at radius 3 is 2.81 bits per heavy atom. The van der Waals surface area contributed by atoms with Gasteiger partial charge in [0.05, 0.1) is 6.61 Å². The third kappa shape index (κ3) is 4.12. The van der Waals surface area contributed by atoms with E-state index in [9.17, 15) is 0 Å². The summed E-state index contributed by atoms with van der Waals surface area (Å²) in [7, 11) is 1.67. The van der Waals surface area contributed by atoms with Crippen LogP contribution in [0.3, 0.4) is 0 Å². The molecule has 0 aromatic heterocycles. The number of nitrogens with two attached hydrogens (primary N) is 1. The van der Waals surface area contributed by atoms with E-state index in [-0.39, 0.29) is 6.10 Å². The van der Waals surface area contributed by atoms with Crippen LogP contribution in [0.25, 0.3) is 0 Å². The zero-order chi connectivity index (χ0) is 12.0. The Kier molecular flexibility index (Phi) is 5.80. The fourth-order valence-electron chi connectivity index (χ4n) is 1.50. The molecular formula is C12H18BrNO2. The predicted octanol–water partition coefficient (Wildman–Crippen LogP) is 2.36. The fourth-order valence-corrected chi connectivity index (χ4v) is 1.91. The standard InChI is InChI=1S/C12H18BrNO2/c1-9(8-15-2)16-12-4-3-11(13)7-10(12)5-6-14/h3-4,7,9H,5-6,8,14H2,1-2H3. The molecule has 90 valence electrons. The number of methoxy groups -OCH3 is 1. The highest BCUT2D eigenvalue weighted by Gasteiger charge is 2.08. The molecule has 0 spiro atoms. The molecule has 0 radical (unpaired) electrons. The summed E-state index contributed by atoms with van der Waals surface area (Å²) < 4.78 is 11.9. The van der Waals surface area contributed by atoms with Crippen molar-refractivity contribution in [3.8, 4) is 5.75 Å². The van der Waals surface area contributed by atoms with Crippen molar-refractivity contribution in [1.29, 1.82) is 0 Å². The van der Waals surface area contributed by atoms with Gasteiger partial charge in [-0.15, -0.1) is 0 Å². The summed E-state index contributed by atoms with van der Waals surface area (Å²) in [5.74, 6) is 0.887. The largest absolute Gasteiger partial charge is 0.488 e. The molecule has 0 saturated carbocycles. The summed E-state index contributed by atoms with van der Waals surface area (Å²) in [5.41, 5.74) is 6.70. The molecule has 4 heteroatoms. The van der Waals surface area contributed by atoms with Crippen LogP contribution in [-0.2, 0) is 11.2 Å². The fraction of sp³-hybridized carbons (Fsp3) is 0.500. The van der Waals surface area contributed by atoms with Gasteiger partial charge in [0.1, 0.15) is 11.9 Å². The first-order chi connectivity index (χ1) is 7.67. The molecule has 1 aromatic rings. The van der Waals surface area contributed by atoms with Crippen molar-refractivity contribution < 1.29 is 9.47 Å². The Morgan fingerprint density at radius 1 is 1.44 bits per heavy atom. The monoisotopic (exact) mass is 287 g/mol. The number of hydrogen-bond donors (Lipinski definition) is 1. The normalized spacial score (nSPS) is 12.5. The lowest BCUT2D eigenvalue weighted by molar-refractivity contribution is 0.0914. The van der Waals surface area contributed by atoms with Gasteiger partial charge in [0.15, 0.2) is 0 Å². The van der Waals surface area contributed by atoms with Gasteiger partial charge in [-0.05, 0) is 43.7 Å². The predicted molar refractivity (Wildman–Crippen MR) is 68.9 cm³/mol. The van der Waals surface area contributed by atoms with E-state index in [4.69, 9.17) is 15.2 Å². The summed E-state index contributed by atoms with van der Waals surface area (Å²) in [5, 5.41) is 0. The van der Waals surface area contributed by atoms with Crippen LogP contribution in [0.1, 0.15) is 12.5 Å². The minimum Gasteiger partial charge on any atom is -0.488 e. The lowest BCUT2D eigenvalue weighted by Crippen LogP contribution is -2.19. The third-order valence-corrected chi connectivity index (χ3v) is 2.66. The van der Waals surface area contributed by atoms with Crippen LogP contribution in [0.5, 0.6) is 5.75 Å². The molecule has 1 aromatic carbocycles. The van der Waals surface area contributed by atoms with Crippen molar-refractivity contribution in [1.82, 2.24) is 0 Å². The first kappa shape index (κ1) is 13.5. The lowest BCUT2D eigenvalue weighted by Gasteiger charge is -2.16. The highest BCUT2D eigenvalue weighted by atomic mass is 79.9. The maximum absolute atomic E-state index is 5.79. The molecule has 2 N–H and O–H groups in total. The van der Waals surface area contributed by atoms with Crippen molar-refractivity contribution in [3.05, 3.63) is 28.2 Å². The lowest BCUT2D eigenvalue weighted by atomic mass is 10.1. The van der Waals surface area contributed by atoms with Crippen LogP contribution in [0, 0.1) is 0 Å². The number of rotatable bonds is 6. The molecule has 0 bridgehead atoms. The summed E-state index contributed by atoms with van der Waals surface area (Å²) in [6.45, 7) is 3.18. The molecule has 0 saturated heterocycles. The van der Waals surface area contributed by atoms with E-state index in [1.807, 2.05) is 25.1 Å². The summed E-state index contributed by atoms with van der Waals surface area (Å²) in [6, 6.07) is 5.97. The van der Waals surface area contributed by atoms with E-state index in [1.54, 1.807) is 7.11 Å². The van der Waals surface area contributed by atoms with E-state index in [2.05, 4.69) is 15.9 Å². The Hall–Kier alpha value is -0.580. The number of halogens is 1. The maximum atomic E-state index is 5.79. The van der Waals surface area contributed by atoms with E-state index in [1.165, 1.54) is 0 Å². The van der Waals surface area contributed by atoms with Gasteiger partial charge in [-0.3, -0.25) is 0 Å². The van der Waals surface area contributed by atoms with Crippen molar-refractivity contribution in [3.63, 3.8) is 0 Å². The van der Waals surface area contributed by atoms with Gasteiger partial charge >= 0.3 is 0 Å². The summed E-state index contributed by atoms with van der Waals surface area (Å²) in [6.07, 6.45) is 0.858. The quantitative estimate of drug-likeness (QED) is 0.874. The maximum Gasteiger partial charge on any atom is 0.123 e. The minimum atomic E-state index is 0.0442. The van der Waals surface area contributed by atoms with E-state index >= 15 is 0 Å². The first-order valence-electron chi connectivity index (χ1n) is 5.31. The van der Waals surface area contributed by atoms with Crippen LogP contribution in [0.2, 0.25) is 0 Å². The Labute approximate surface area is 105 Å². The van der Waals surface area contributed by atoms with E-state index in [0.717, 1.165) is 22.2 Å². The topological polar surface area (TPSA) is 44.5 Å². The van der Waals surface area contributed by atoms with Crippen LogP contribution in [0.15, 0.2) is 22.7 Å². The molecule has 0 fully saturated rings. The van der Waals surface area contributed by atoms with Crippen LogP contribution in [-0.4, -0.2) is 26.4 Å². The van der Waals surface area contributed by atoms with Crippen LogP contribution >= 0.6 is 15.9 Å². The second-order valence-corrected chi connectivity index (χ2v) is 4.59. The average molecular weight is 288 g/mol. The highest BCUT2D eigenvalue weighted by molar-refractivity contribution is 9.10. The zero-order valence-electron chi connectivity index (χ0n) is 9.70. The smallest absolute Gasteiger partial charge is 0.123 e. The Morgan fingerprint density at radius 2 is 2.19 bits per heavy atom. The Bertz CT molecular complexity index is 331. The van der Waals surface area contributed by atoms with Gasteiger partial charge in [0.2, 0.25) is 0 Å². The van der Waals surface area contributed by atoms with E-state index in [0.29, 0.717) is 13.2 Å². The molecule has 0 heterocycles. The number of benzene rings is 1. The number of hydrogen-bond acceptors (Lipinski definition) is 3. The van der Waals surface area contributed by atoms with Crippen molar-refractivity contribution >= 4 is 15.9 Å². The molecule has 0 aliphatic heterocycles. The zero-order valence-corrected chi connectivity index (χ0v) is 11.3. The van der Waals surface area contributed by atoms with Crippen molar-refractivity contribution in [2.75, 3.05) is 20.3 Å². The molecule has 0 aliphatic carbocycles.